The zero-order chi connectivity index (χ0) is 27.9. The van der Waals surface area contributed by atoms with Gasteiger partial charge in [0, 0.05) is 23.6 Å². The lowest BCUT2D eigenvalue weighted by atomic mass is 10.1. The van der Waals surface area contributed by atoms with Gasteiger partial charge in [-0.3, -0.25) is 14.4 Å². The highest BCUT2D eigenvalue weighted by Crippen LogP contribution is 2.65. The van der Waals surface area contributed by atoms with Crippen molar-refractivity contribution in [3.8, 4) is 0 Å². The molecule has 0 bridgehead atoms. The summed E-state index contributed by atoms with van der Waals surface area (Å²) >= 11 is 22.0. The number of halogens is 7. The highest BCUT2D eigenvalue weighted by atomic mass is 79.9. The molecule has 0 unspecified atom stereocenters. The third-order valence-electron chi connectivity index (χ3n) is 5.98. The number of nitrogens with one attached hydrogen (secondary N) is 2. The maximum Gasteiger partial charge on any atom is 0.257 e. The monoisotopic (exact) mass is 646 g/mol. The van der Waals surface area contributed by atoms with Crippen molar-refractivity contribution in [2.24, 2.45) is 5.92 Å². The minimum absolute atomic E-state index is 0.00327. The number of rotatable bonds is 7. The predicted molar refractivity (Wildman–Crippen MR) is 144 cm³/mol. The van der Waals surface area contributed by atoms with Crippen LogP contribution in [0.4, 0.5) is 24.5 Å². The fourth-order valence-electron chi connectivity index (χ4n) is 4.07. The van der Waals surface area contributed by atoms with Crippen LogP contribution in [0, 0.1) is 23.4 Å². The van der Waals surface area contributed by atoms with E-state index in [0.717, 1.165) is 12.1 Å². The van der Waals surface area contributed by atoms with Gasteiger partial charge in [-0.15, -0.1) is 23.2 Å². The lowest BCUT2D eigenvalue weighted by Gasteiger charge is -2.12. The van der Waals surface area contributed by atoms with Crippen molar-refractivity contribution in [2.45, 2.75) is 23.6 Å². The van der Waals surface area contributed by atoms with Crippen LogP contribution in [0.25, 0.3) is 0 Å². The van der Waals surface area contributed by atoms with Gasteiger partial charge in [0.05, 0.1) is 26.7 Å². The second-order valence-corrected chi connectivity index (χ2v) is 11.4. The molecule has 3 aromatic rings. The van der Waals surface area contributed by atoms with Gasteiger partial charge in [-0.2, -0.15) is 0 Å². The van der Waals surface area contributed by atoms with E-state index < -0.39 is 63.2 Å². The highest BCUT2D eigenvalue weighted by molar-refractivity contribution is 9.10. The number of benzene rings is 3. The number of hydrogen-bond donors (Lipinski definition) is 2. The minimum Gasteiger partial charge on any atom is -0.326 e. The van der Waals surface area contributed by atoms with E-state index in [0.29, 0.717) is 5.56 Å². The van der Waals surface area contributed by atoms with Gasteiger partial charge in [0.2, 0.25) is 5.91 Å². The summed E-state index contributed by atoms with van der Waals surface area (Å²) < 4.78 is 41.1. The van der Waals surface area contributed by atoms with Gasteiger partial charge in [-0.25, -0.2) is 13.2 Å². The molecule has 2 atom stereocenters. The fraction of sp³-hybridized carbons (Fsp3) is 0.192. The van der Waals surface area contributed by atoms with Gasteiger partial charge in [-0.1, -0.05) is 17.7 Å². The quantitative estimate of drug-likeness (QED) is 0.262. The molecular formula is C26H17BrCl3F3N2O3. The number of ketones is 1. The molecule has 2 amide bonds. The van der Waals surface area contributed by atoms with Crippen LogP contribution in [0.5, 0.6) is 0 Å². The molecule has 198 valence electrons. The molecule has 0 saturated heterocycles. The van der Waals surface area contributed by atoms with Crippen molar-refractivity contribution >= 4 is 79.7 Å². The summed E-state index contributed by atoms with van der Waals surface area (Å²) in [5.74, 6) is -5.80. The van der Waals surface area contributed by atoms with E-state index in [-0.39, 0.29) is 26.4 Å². The first-order valence-electron chi connectivity index (χ1n) is 11.0. The molecule has 3 aromatic carbocycles. The van der Waals surface area contributed by atoms with Crippen molar-refractivity contribution in [2.75, 3.05) is 10.6 Å². The van der Waals surface area contributed by atoms with Crippen LogP contribution in [0.1, 0.15) is 34.3 Å². The first-order chi connectivity index (χ1) is 17.8. The Morgan fingerprint density at radius 2 is 1.66 bits per heavy atom. The van der Waals surface area contributed by atoms with Crippen LogP contribution in [0.3, 0.4) is 0 Å². The third kappa shape index (κ3) is 5.71. The molecule has 1 fully saturated rings. The Morgan fingerprint density at radius 1 is 0.974 bits per heavy atom. The number of carbonyl (C=O) groups is 3. The maximum absolute atomic E-state index is 14.8. The fourth-order valence-corrected chi connectivity index (χ4v) is 5.49. The molecule has 0 aliphatic heterocycles. The van der Waals surface area contributed by atoms with Gasteiger partial charge in [0.25, 0.3) is 5.91 Å². The van der Waals surface area contributed by atoms with E-state index >= 15 is 0 Å². The van der Waals surface area contributed by atoms with Crippen LogP contribution in [-0.2, 0) is 16.0 Å². The Labute approximate surface area is 238 Å². The number of amides is 2. The molecule has 1 aliphatic carbocycles. The Balaban J connectivity index is 1.52. The summed E-state index contributed by atoms with van der Waals surface area (Å²) in [4.78, 5) is 37.2. The van der Waals surface area contributed by atoms with Gasteiger partial charge < -0.3 is 10.6 Å². The van der Waals surface area contributed by atoms with E-state index in [1.165, 1.54) is 43.3 Å². The second-order valence-electron chi connectivity index (χ2n) is 8.71. The van der Waals surface area contributed by atoms with E-state index in [2.05, 4.69) is 26.6 Å². The average molecular weight is 649 g/mol. The number of Topliss-reactive ketones (excluding diaryl/α,β-unsaturated/α-hetero) is 1. The van der Waals surface area contributed by atoms with Crippen LogP contribution in [0.2, 0.25) is 5.02 Å². The zero-order valence-electron chi connectivity index (χ0n) is 19.4. The molecule has 4 rings (SSSR count). The van der Waals surface area contributed by atoms with Crippen LogP contribution in [0.15, 0.2) is 53.0 Å². The highest BCUT2D eigenvalue weighted by Gasteiger charge is 2.67. The molecule has 0 radical (unpaired) electrons. The Hall–Kier alpha value is -2.59. The number of carbonyl (C=O) groups excluding carboxylic acids is 3. The van der Waals surface area contributed by atoms with Gasteiger partial charge in [-0.05, 0) is 70.9 Å². The van der Waals surface area contributed by atoms with Gasteiger partial charge in [0.15, 0.2) is 5.82 Å². The van der Waals surface area contributed by atoms with Gasteiger partial charge in [0.1, 0.15) is 21.8 Å². The number of anilines is 2. The minimum atomic E-state index is -1.44. The lowest BCUT2D eigenvalue weighted by molar-refractivity contribution is -0.117. The lowest BCUT2D eigenvalue weighted by Crippen LogP contribution is -2.19. The van der Waals surface area contributed by atoms with Crippen LogP contribution >= 0.6 is 50.7 Å². The zero-order valence-corrected chi connectivity index (χ0v) is 23.2. The molecule has 0 aromatic heterocycles. The largest absolute Gasteiger partial charge is 0.326 e. The van der Waals surface area contributed by atoms with E-state index in [1.54, 1.807) is 0 Å². The van der Waals surface area contributed by atoms with Crippen molar-refractivity contribution < 1.29 is 27.6 Å². The third-order valence-corrected chi connectivity index (χ3v) is 7.85. The molecule has 0 heterocycles. The average Bonchev–Trinajstić information content (AvgIpc) is 3.43. The summed E-state index contributed by atoms with van der Waals surface area (Å²) in [5, 5.41) is 4.93. The molecule has 12 heteroatoms. The topological polar surface area (TPSA) is 75.3 Å². The first kappa shape index (κ1) is 28.4. The van der Waals surface area contributed by atoms with Crippen molar-refractivity contribution in [1.29, 1.82) is 0 Å². The molecular weight excluding hydrogens is 632 g/mol. The molecule has 38 heavy (non-hydrogen) atoms. The Morgan fingerprint density at radius 3 is 2.32 bits per heavy atom. The maximum atomic E-state index is 14.8. The number of alkyl halides is 2. The van der Waals surface area contributed by atoms with E-state index in [9.17, 15) is 27.6 Å². The molecule has 5 nitrogen and oxygen atoms in total. The van der Waals surface area contributed by atoms with E-state index in [4.69, 9.17) is 34.8 Å². The molecule has 1 aliphatic rings. The molecule has 0 spiro atoms. The SMILES string of the molecule is CC(=O)Cc1c(F)ccc(NC(=O)c2cc(NC(=O)[C@H]3[C@H](c4ccc(F)c(Br)c4)C3(Cl)Cl)ccc2Cl)c1F. The summed E-state index contributed by atoms with van der Waals surface area (Å²) in [7, 11) is 0. The first-order valence-corrected chi connectivity index (χ1v) is 12.9. The van der Waals surface area contributed by atoms with Crippen molar-refractivity contribution in [1.82, 2.24) is 0 Å². The Bertz CT molecular complexity index is 1490. The summed E-state index contributed by atoms with van der Waals surface area (Å²) in [6, 6.07) is 10.2. The van der Waals surface area contributed by atoms with E-state index in [1.807, 2.05) is 0 Å². The summed E-state index contributed by atoms with van der Waals surface area (Å²) in [5.41, 5.74) is -0.195. The summed E-state index contributed by atoms with van der Waals surface area (Å²) in [6.45, 7) is 1.19. The van der Waals surface area contributed by atoms with Crippen LogP contribution < -0.4 is 10.6 Å². The summed E-state index contributed by atoms with van der Waals surface area (Å²) in [6.07, 6.45) is -0.483. The van der Waals surface area contributed by atoms with Crippen LogP contribution in [-0.4, -0.2) is 21.9 Å². The van der Waals surface area contributed by atoms with Crippen molar-refractivity contribution in [3.63, 3.8) is 0 Å². The Kier molecular flexibility index (Phi) is 8.14. The van der Waals surface area contributed by atoms with Gasteiger partial charge >= 0.3 is 0 Å². The number of hydrogen-bond acceptors (Lipinski definition) is 3. The molecule has 1 saturated carbocycles. The normalized spacial score (nSPS) is 17.6. The smallest absolute Gasteiger partial charge is 0.257 e. The standard InChI is InChI=1S/C26H17BrCl3F3N2O3/c1-11(36)8-15-18(31)6-7-20(23(15)33)35-24(37)14-10-13(3-4-17(14)28)34-25(38)22-21(26(22,29)30)12-2-5-19(32)16(27)9-12/h2-7,9-10,21-22H,8H2,1H3,(H,34,38)(H,35,37)/t21-,22+/m0/s1. The molecule has 2 N–H and O–H groups in total. The predicted octanol–water partition coefficient (Wildman–Crippen LogP) is 7.43. The second kappa shape index (κ2) is 10.9. The van der Waals surface area contributed by atoms with Crippen molar-refractivity contribution in [3.05, 3.63) is 92.2 Å².